The third kappa shape index (κ3) is 7.12. The van der Waals surface area contributed by atoms with Gasteiger partial charge in [-0.2, -0.15) is 0 Å². The molecule has 4 aliphatic rings. The minimum absolute atomic E-state index is 0.0105. The number of carbonyl (C=O) groups excluding carboxylic acids is 1. The third-order valence-corrected chi connectivity index (χ3v) is 9.50. The van der Waals surface area contributed by atoms with Crippen molar-refractivity contribution in [1.29, 1.82) is 0 Å². The maximum atomic E-state index is 12.5. The number of aliphatic imine (C=N–C) groups is 1. The summed E-state index contributed by atoms with van der Waals surface area (Å²) in [7, 11) is 0. The fourth-order valence-electron chi connectivity index (χ4n) is 6.93. The van der Waals surface area contributed by atoms with Gasteiger partial charge in [0.2, 0.25) is 6.23 Å². The Morgan fingerprint density at radius 2 is 2.07 bits per heavy atom. The number of ketones is 1. The van der Waals surface area contributed by atoms with E-state index < -0.39 is 18.4 Å². The SMILES string of the molecule is CCCCC[C@@H](O)CC(=O)CCc1ccc(O)c(O[C@@H]2CC#C[C@H](O)c3ccc4c(c3CC3=CN=C5C[NH+]2C=C35)CCN[C@H]4N)c1. The first-order chi connectivity index (χ1) is 22.3. The molecule has 0 aromatic heterocycles. The summed E-state index contributed by atoms with van der Waals surface area (Å²) in [6.07, 6.45) is 8.27. The molecule has 0 saturated carbocycles. The van der Waals surface area contributed by atoms with E-state index in [2.05, 4.69) is 30.3 Å². The van der Waals surface area contributed by atoms with Gasteiger partial charge in [0.05, 0.1) is 17.8 Å². The first kappa shape index (κ1) is 32.2. The number of Topliss-reactive ketones (excluding diaryl/α,β-unsaturated/α-hetero) is 1. The van der Waals surface area contributed by atoms with Crippen LogP contribution in [0.3, 0.4) is 0 Å². The lowest BCUT2D eigenvalue weighted by Gasteiger charge is -2.28. The zero-order valence-electron chi connectivity index (χ0n) is 26.5. The quantitative estimate of drug-likeness (QED) is 0.167. The highest BCUT2D eigenvalue weighted by Gasteiger charge is 2.37. The van der Waals surface area contributed by atoms with Crippen molar-refractivity contribution >= 4 is 11.5 Å². The van der Waals surface area contributed by atoms with Gasteiger partial charge >= 0.3 is 0 Å². The Morgan fingerprint density at radius 1 is 1.22 bits per heavy atom. The fourth-order valence-corrected chi connectivity index (χ4v) is 6.93. The monoisotopic (exact) mass is 625 g/mol. The van der Waals surface area contributed by atoms with Crippen LogP contribution < -0.4 is 20.7 Å². The molecule has 9 heteroatoms. The Kier molecular flexibility index (Phi) is 10.0. The number of aliphatic hydroxyl groups excluding tert-OH is 2. The molecule has 0 spiro atoms. The van der Waals surface area contributed by atoms with Crippen molar-refractivity contribution in [3.05, 3.63) is 81.7 Å². The van der Waals surface area contributed by atoms with E-state index in [1.54, 1.807) is 18.2 Å². The summed E-state index contributed by atoms with van der Waals surface area (Å²) in [6, 6.07) is 9.11. The number of nitrogens with zero attached hydrogens (tertiary/aromatic N) is 1. The summed E-state index contributed by atoms with van der Waals surface area (Å²) in [5.74, 6) is 6.59. The lowest BCUT2D eigenvalue weighted by Crippen LogP contribution is -3.12. The molecule has 6 rings (SSSR count). The molecular formula is C37H45N4O5+. The standard InChI is InChI=1S/C37H44N4O5/c1-2-3-4-6-25(42)19-26(43)11-9-23-10-14-34(45)35(17-23)46-36-8-5-7-33(44)28-12-13-29-27(15-16-39-37(29)38)30(28)18-24-20-40-32-22-41(36)21-31(24)32/h10,12-14,17,20-21,25,33,36-37,39,42,44-45H,2-4,6,8-9,11,15-16,18-19,22,38H2,1H3/p+1/t25-,33+,36-,37-/m1/s1. The van der Waals surface area contributed by atoms with Gasteiger partial charge in [0.1, 0.15) is 36.8 Å². The summed E-state index contributed by atoms with van der Waals surface area (Å²) < 4.78 is 6.45. The molecule has 2 aromatic rings. The lowest BCUT2D eigenvalue weighted by atomic mass is 9.84. The molecular weight excluding hydrogens is 580 g/mol. The number of nitrogens with two attached hydrogens (primary N) is 1. The minimum Gasteiger partial charge on any atom is -0.504 e. The third-order valence-electron chi connectivity index (χ3n) is 9.50. The molecule has 0 aliphatic carbocycles. The van der Waals surface area contributed by atoms with Crippen LogP contribution >= 0.6 is 0 Å². The van der Waals surface area contributed by atoms with E-state index >= 15 is 0 Å². The number of ether oxygens (including phenoxy) is 1. The molecule has 2 bridgehead atoms. The van der Waals surface area contributed by atoms with E-state index in [1.165, 1.54) is 5.56 Å². The maximum absolute atomic E-state index is 12.5. The maximum Gasteiger partial charge on any atom is 0.247 e. The normalized spacial score (nSPS) is 23.8. The van der Waals surface area contributed by atoms with Gasteiger partial charge in [0, 0.05) is 32.0 Å². The van der Waals surface area contributed by atoms with Crippen LogP contribution in [-0.2, 0) is 24.1 Å². The Morgan fingerprint density at radius 3 is 2.91 bits per heavy atom. The highest BCUT2D eigenvalue weighted by atomic mass is 16.5. The number of rotatable bonds is 11. The number of aliphatic hydroxyl groups is 2. The van der Waals surface area contributed by atoms with Crippen LogP contribution in [0.2, 0.25) is 0 Å². The van der Waals surface area contributed by atoms with E-state index in [9.17, 15) is 20.1 Å². The summed E-state index contributed by atoms with van der Waals surface area (Å²) in [4.78, 5) is 18.3. The Labute approximate surface area is 270 Å². The van der Waals surface area contributed by atoms with Gasteiger partial charge in [-0.3, -0.25) is 20.0 Å². The van der Waals surface area contributed by atoms with E-state index in [0.29, 0.717) is 44.4 Å². The Hall–Kier alpha value is -3.78. The topological polar surface area (TPSA) is 142 Å². The number of allylic oxidation sites excluding steroid dienone is 1. The first-order valence-corrected chi connectivity index (χ1v) is 16.6. The van der Waals surface area contributed by atoms with Crippen LogP contribution in [0.5, 0.6) is 11.5 Å². The van der Waals surface area contributed by atoms with Gasteiger partial charge in [-0.15, -0.1) is 0 Å². The number of hydrogen-bond donors (Lipinski definition) is 6. The van der Waals surface area contributed by atoms with Gasteiger partial charge in [0.15, 0.2) is 11.5 Å². The molecule has 7 N–H and O–H groups in total. The van der Waals surface area contributed by atoms with Gasteiger partial charge in [-0.05, 0) is 64.8 Å². The second kappa shape index (κ2) is 14.3. The molecule has 242 valence electrons. The van der Waals surface area contributed by atoms with E-state index in [4.69, 9.17) is 15.5 Å². The van der Waals surface area contributed by atoms with Crippen molar-refractivity contribution in [1.82, 2.24) is 5.32 Å². The zero-order chi connectivity index (χ0) is 32.2. The first-order valence-electron chi connectivity index (χ1n) is 16.6. The molecule has 4 heterocycles. The molecule has 0 amide bonds. The number of phenols is 1. The molecule has 2 aromatic carbocycles. The van der Waals surface area contributed by atoms with E-state index in [1.807, 2.05) is 18.3 Å². The Bertz CT molecular complexity index is 1630. The number of carbonyl (C=O) groups is 1. The summed E-state index contributed by atoms with van der Waals surface area (Å²) >= 11 is 0. The van der Waals surface area contributed by atoms with E-state index in [-0.39, 0.29) is 24.1 Å². The van der Waals surface area contributed by atoms with Crippen LogP contribution in [0, 0.1) is 11.8 Å². The number of unbranched alkanes of at least 4 members (excludes halogenated alkanes) is 2. The minimum atomic E-state index is -0.968. The smallest absolute Gasteiger partial charge is 0.247 e. The van der Waals surface area contributed by atoms with Crippen LogP contribution in [0.4, 0.5) is 0 Å². The van der Waals surface area contributed by atoms with Crippen LogP contribution in [-0.4, -0.2) is 52.2 Å². The summed E-state index contributed by atoms with van der Waals surface area (Å²) in [6.45, 7) is 3.51. The van der Waals surface area contributed by atoms with Gasteiger partial charge in [0.25, 0.3) is 0 Å². The number of fused-ring (bicyclic) bond motifs is 4. The number of quaternary nitrogens is 1. The number of aryl methyl sites for hydroxylation is 1. The molecule has 5 atom stereocenters. The van der Waals surface area contributed by atoms with Gasteiger partial charge in [-0.25, -0.2) is 0 Å². The molecule has 0 radical (unpaired) electrons. The molecule has 4 aliphatic heterocycles. The second-order valence-electron chi connectivity index (χ2n) is 12.8. The number of aromatic hydroxyl groups is 1. The molecule has 9 nitrogen and oxygen atoms in total. The highest BCUT2D eigenvalue weighted by molar-refractivity contribution is 6.08. The second-order valence-corrected chi connectivity index (χ2v) is 12.8. The molecule has 1 unspecified atom stereocenters. The Balaban J connectivity index is 1.20. The average Bonchev–Trinajstić information content (AvgIpc) is 3.62. The van der Waals surface area contributed by atoms with Crippen LogP contribution in [0.1, 0.15) is 92.0 Å². The number of hydrogen-bond acceptors (Lipinski definition) is 8. The van der Waals surface area contributed by atoms with Crippen LogP contribution in [0.25, 0.3) is 0 Å². The number of phenolic OH excluding ortho intramolecular Hbond substituents is 1. The average molecular weight is 626 g/mol. The fraction of sp³-hybridized carbons (Fsp3) is 0.459. The molecule has 0 fully saturated rings. The number of nitrogens with one attached hydrogen (secondary N) is 2. The predicted molar refractivity (Wildman–Crippen MR) is 176 cm³/mol. The predicted octanol–water partition coefficient (Wildman–Crippen LogP) is 2.84. The van der Waals surface area contributed by atoms with Gasteiger partial charge < -0.3 is 25.8 Å². The van der Waals surface area contributed by atoms with Crippen molar-refractivity contribution in [2.45, 2.75) is 95.7 Å². The lowest BCUT2D eigenvalue weighted by molar-refractivity contribution is -0.882. The largest absolute Gasteiger partial charge is 0.504 e. The summed E-state index contributed by atoms with van der Waals surface area (Å²) in [5, 5.41) is 35.6. The highest BCUT2D eigenvalue weighted by Crippen LogP contribution is 2.35. The van der Waals surface area contributed by atoms with Gasteiger partial charge in [-0.1, -0.05) is 56.2 Å². The zero-order valence-corrected chi connectivity index (χ0v) is 26.5. The molecule has 46 heavy (non-hydrogen) atoms. The van der Waals surface area contributed by atoms with E-state index in [0.717, 1.165) is 76.2 Å². The number of benzene rings is 2. The van der Waals surface area contributed by atoms with Crippen LogP contribution in [0.15, 0.2) is 58.9 Å². The van der Waals surface area contributed by atoms with Crippen molar-refractivity contribution in [3.63, 3.8) is 0 Å². The van der Waals surface area contributed by atoms with Crippen molar-refractivity contribution in [3.8, 4) is 23.3 Å². The van der Waals surface area contributed by atoms with Crippen molar-refractivity contribution in [2.24, 2.45) is 10.7 Å². The van der Waals surface area contributed by atoms with Crippen molar-refractivity contribution < 1.29 is 29.8 Å². The summed E-state index contributed by atoms with van der Waals surface area (Å²) in [5.41, 5.74) is 14.5. The molecule has 0 saturated heterocycles. The van der Waals surface area contributed by atoms with Crippen molar-refractivity contribution in [2.75, 3.05) is 13.1 Å².